The lowest BCUT2D eigenvalue weighted by Gasteiger charge is -2.26. The first kappa shape index (κ1) is 26.0. The summed E-state index contributed by atoms with van der Waals surface area (Å²) < 4.78 is 15.6. The number of nitriles is 1. The van der Waals surface area contributed by atoms with Gasteiger partial charge in [0.15, 0.2) is 0 Å². The highest BCUT2D eigenvalue weighted by Crippen LogP contribution is 2.37. The largest absolute Gasteiger partial charge is 0.494 e. The molecule has 2 aromatic rings. The van der Waals surface area contributed by atoms with Gasteiger partial charge in [0.05, 0.1) is 18.7 Å². The zero-order valence-electron chi connectivity index (χ0n) is 20.1. The number of fused-ring (bicyclic) bond motifs is 1. The number of nitrogens with one attached hydrogen (secondary N) is 1. The van der Waals surface area contributed by atoms with Crippen LogP contribution in [0.5, 0.6) is 5.75 Å². The number of amides is 2. The fourth-order valence-corrected chi connectivity index (χ4v) is 5.14. The number of nitrogens with zero attached hydrogens (tertiary/aromatic N) is 2. The highest BCUT2D eigenvalue weighted by molar-refractivity contribution is 7.16. The predicted molar refractivity (Wildman–Crippen MR) is 130 cm³/mol. The first-order chi connectivity index (χ1) is 16.8. The maximum absolute atomic E-state index is 12.8. The van der Waals surface area contributed by atoms with Crippen molar-refractivity contribution in [3.63, 3.8) is 0 Å². The predicted octanol–water partition coefficient (Wildman–Crippen LogP) is 4.21. The quantitative estimate of drug-likeness (QED) is 0.406. The van der Waals surface area contributed by atoms with E-state index in [1.54, 1.807) is 0 Å². The number of anilines is 1. The van der Waals surface area contributed by atoms with Gasteiger partial charge in [0, 0.05) is 24.8 Å². The fraction of sp³-hybridized carbons (Fsp3) is 0.440. The lowest BCUT2D eigenvalue weighted by atomic mass is 9.96. The van der Waals surface area contributed by atoms with Crippen molar-refractivity contribution in [2.75, 3.05) is 31.7 Å². The summed E-state index contributed by atoms with van der Waals surface area (Å²) in [5.41, 5.74) is 2.26. The number of carbonyl (C=O) groups excluding carboxylic acids is 3. The topological polar surface area (TPSA) is 118 Å². The van der Waals surface area contributed by atoms with E-state index in [1.807, 2.05) is 38.1 Å². The summed E-state index contributed by atoms with van der Waals surface area (Å²) in [6, 6.07) is 9.87. The highest BCUT2D eigenvalue weighted by atomic mass is 32.1. The number of thiophene rings is 1. The molecule has 0 aliphatic carbocycles. The Kier molecular flexibility index (Phi) is 9.09. The Bertz CT molecular complexity index is 1120. The average Bonchev–Trinajstić information content (AvgIpc) is 3.17. The molecule has 0 bridgehead atoms. The number of rotatable bonds is 9. The molecule has 0 radical (unpaired) electrons. The minimum absolute atomic E-state index is 0.00138. The third kappa shape index (κ3) is 6.73. The van der Waals surface area contributed by atoms with E-state index < -0.39 is 12.1 Å². The number of ether oxygens (including phenoxy) is 3. The zero-order chi connectivity index (χ0) is 25.4. The normalized spacial score (nSPS) is 13.3. The standard InChI is InChI=1S/C25H29N3O6S/c1-4-32-21-8-6-5-7-18(21)16(2)13-23(30)27-24-20(14-26)19-9-10-28(15-22(19)35-24)25(31)34-12-11-33-17(3)29/h5-8,16H,4,9-13,15H2,1-3H3,(H,27,30)/t16-/m0/s1. The van der Waals surface area contributed by atoms with E-state index in [9.17, 15) is 19.6 Å². The van der Waals surface area contributed by atoms with Gasteiger partial charge in [0.2, 0.25) is 5.91 Å². The maximum Gasteiger partial charge on any atom is 0.410 e. The van der Waals surface area contributed by atoms with Gasteiger partial charge in [-0.1, -0.05) is 25.1 Å². The summed E-state index contributed by atoms with van der Waals surface area (Å²) in [7, 11) is 0. The van der Waals surface area contributed by atoms with Gasteiger partial charge in [-0.25, -0.2) is 4.79 Å². The highest BCUT2D eigenvalue weighted by Gasteiger charge is 2.28. The number of benzene rings is 1. The molecule has 1 aromatic heterocycles. The van der Waals surface area contributed by atoms with Crippen molar-refractivity contribution >= 4 is 34.3 Å². The van der Waals surface area contributed by atoms with E-state index in [1.165, 1.54) is 23.2 Å². The maximum atomic E-state index is 12.8. The summed E-state index contributed by atoms with van der Waals surface area (Å²) in [6.45, 7) is 6.36. The molecule has 2 heterocycles. The second-order valence-electron chi connectivity index (χ2n) is 8.07. The molecular weight excluding hydrogens is 470 g/mol. The molecule has 1 aliphatic rings. The Morgan fingerprint density at radius 3 is 2.69 bits per heavy atom. The Morgan fingerprint density at radius 2 is 1.97 bits per heavy atom. The molecule has 0 fully saturated rings. The van der Waals surface area contributed by atoms with Crippen LogP contribution in [0, 0.1) is 11.3 Å². The molecular formula is C25H29N3O6S. The van der Waals surface area contributed by atoms with Crippen molar-refractivity contribution in [1.29, 1.82) is 5.26 Å². The van der Waals surface area contributed by atoms with Crippen molar-refractivity contribution < 1.29 is 28.6 Å². The van der Waals surface area contributed by atoms with Crippen LogP contribution in [0.4, 0.5) is 9.80 Å². The Morgan fingerprint density at radius 1 is 1.23 bits per heavy atom. The Labute approximate surface area is 208 Å². The third-order valence-electron chi connectivity index (χ3n) is 5.54. The lowest BCUT2D eigenvalue weighted by molar-refractivity contribution is -0.142. The van der Waals surface area contributed by atoms with Crippen LogP contribution in [0.1, 0.15) is 54.7 Å². The van der Waals surface area contributed by atoms with Crippen LogP contribution >= 0.6 is 11.3 Å². The molecule has 1 atom stereocenters. The molecule has 35 heavy (non-hydrogen) atoms. The van der Waals surface area contributed by atoms with Gasteiger partial charge in [-0.2, -0.15) is 5.26 Å². The van der Waals surface area contributed by atoms with Crippen LogP contribution in [0.2, 0.25) is 0 Å². The number of carbonyl (C=O) groups is 3. The average molecular weight is 500 g/mol. The van der Waals surface area contributed by atoms with Crippen molar-refractivity contribution in [3.8, 4) is 11.8 Å². The van der Waals surface area contributed by atoms with Gasteiger partial charge in [-0.15, -0.1) is 11.3 Å². The summed E-state index contributed by atoms with van der Waals surface area (Å²) in [5.74, 6) is 0.0592. The van der Waals surface area contributed by atoms with Crippen LogP contribution in [-0.2, 0) is 32.0 Å². The molecule has 2 amide bonds. The number of hydrogen-bond donors (Lipinski definition) is 1. The van der Waals surface area contributed by atoms with Crippen molar-refractivity contribution in [1.82, 2.24) is 4.90 Å². The second kappa shape index (κ2) is 12.2. The molecule has 186 valence electrons. The molecule has 1 aromatic carbocycles. The van der Waals surface area contributed by atoms with Gasteiger partial charge < -0.3 is 24.4 Å². The van der Waals surface area contributed by atoms with Crippen molar-refractivity contribution in [2.24, 2.45) is 0 Å². The fourth-order valence-electron chi connectivity index (χ4n) is 3.91. The van der Waals surface area contributed by atoms with E-state index >= 15 is 0 Å². The monoisotopic (exact) mass is 499 g/mol. The van der Waals surface area contributed by atoms with Crippen LogP contribution in [0.3, 0.4) is 0 Å². The molecule has 10 heteroatoms. The number of hydrogen-bond acceptors (Lipinski definition) is 8. The van der Waals surface area contributed by atoms with Crippen molar-refractivity contribution in [2.45, 2.75) is 46.1 Å². The molecule has 1 N–H and O–H groups in total. The van der Waals surface area contributed by atoms with E-state index in [4.69, 9.17) is 14.2 Å². The SMILES string of the molecule is CCOc1ccccc1[C@@H](C)CC(=O)Nc1sc2c(c1C#N)CCN(C(=O)OCCOC(C)=O)C2. The Balaban J connectivity index is 1.63. The van der Waals surface area contributed by atoms with Crippen LogP contribution in [0.25, 0.3) is 0 Å². The summed E-state index contributed by atoms with van der Waals surface area (Å²) >= 11 is 1.30. The van der Waals surface area contributed by atoms with Gasteiger partial charge in [-0.05, 0) is 36.5 Å². The van der Waals surface area contributed by atoms with Crippen LogP contribution < -0.4 is 10.1 Å². The second-order valence-corrected chi connectivity index (χ2v) is 9.18. The van der Waals surface area contributed by atoms with Crippen LogP contribution in [0.15, 0.2) is 24.3 Å². The van der Waals surface area contributed by atoms with E-state index in [0.29, 0.717) is 30.1 Å². The molecule has 0 saturated heterocycles. The van der Waals surface area contributed by atoms with Gasteiger partial charge in [-0.3, -0.25) is 9.59 Å². The molecule has 0 saturated carbocycles. The van der Waals surface area contributed by atoms with Gasteiger partial charge >= 0.3 is 12.1 Å². The summed E-state index contributed by atoms with van der Waals surface area (Å²) in [4.78, 5) is 38.4. The van der Waals surface area contributed by atoms with E-state index in [-0.39, 0.29) is 38.0 Å². The number of esters is 1. The third-order valence-corrected chi connectivity index (χ3v) is 6.67. The van der Waals surface area contributed by atoms with E-state index in [2.05, 4.69) is 11.4 Å². The van der Waals surface area contributed by atoms with Crippen molar-refractivity contribution in [3.05, 3.63) is 45.8 Å². The first-order valence-corrected chi connectivity index (χ1v) is 12.3. The molecule has 3 rings (SSSR count). The number of para-hydroxylation sites is 1. The molecule has 9 nitrogen and oxygen atoms in total. The summed E-state index contributed by atoms with van der Waals surface area (Å²) in [5, 5.41) is 13.1. The smallest absolute Gasteiger partial charge is 0.410 e. The van der Waals surface area contributed by atoms with Crippen LogP contribution in [-0.4, -0.2) is 49.2 Å². The minimum atomic E-state index is -0.512. The summed E-state index contributed by atoms with van der Waals surface area (Å²) in [6.07, 6.45) is 0.210. The first-order valence-electron chi connectivity index (χ1n) is 11.4. The lowest BCUT2D eigenvalue weighted by Crippen LogP contribution is -2.36. The Hall–Kier alpha value is -3.58. The minimum Gasteiger partial charge on any atom is -0.494 e. The van der Waals surface area contributed by atoms with Gasteiger partial charge in [0.1, 0.15) is 30.0 Å². The zero-order valence-corrected chi connectivity index (χ0v) is 20.9. The van der Waals surface area contributed by atoms with E-state index in [0.717, 1.165) is 21.8 Å². The molecule has 1 aliphatic heterocycles. The van der Waals surface area contributed by atoms with Gasteiger partial charge in [0.25, 0.3) is 0 Å². The molecule has 0 spiro atoms. The molecule has 0 unspecified atom stereocenters.